The van der Waals surface area contributed by atoms with E-state index in [0.29, 0.717) is 36.8 Å². The number of ether oxygens (including phenoxy) is 2. The number of fused-ring (bicyclic) bond motifs is 3. The lowest BCUT2D eigenvalue weighted by Crippen LogP contribution is -2.52. The van der Waals surface area contributed by atoms with Crippen molar-refractivity contribution in [2.75, 3.05) is 13.7 Å². The number of hydrogen-bond acceptors (Lipinski definition) is 9. The number of nitrogens with two attached hydrogens (primary N) is 1. The number of halogens is 1. The van der Waals surface area contributed by atoms with Crippen molar-refractivity contribution in [1.82, 2.24) is 14.6 Å². The molecule has 3 N–H and O–H groups in total. The molecule has 1 aromatic heterocycles. The number of carbonyl (C=O) groups is 3. The van der Waals surface area contributed by atoms with Gasteiger partial charge in [-0.1, -0.05) is 50.6 Å². The maximum absolute atomic E-state index is 14.3. The van der Waals surface area contributed by atoms with E-state index >= 15 is 0 Å². The molecule has 4 aliphatic rings. The highest BCUT2D eigenvalue weighted by Crippen LogP contribution is 2.57. The number of aromatic nitrogens is 1. The second-order valence-electron chi connectivity index (χ2n) is 14.0. The molecule has 48 heavy (non-hydrogen) atoms. The van der Waals surface area contributed by atoms with Crippen LogP contribution in [0.2, 0.25) is 0 Å². The van der Waals surface area contributed by atoms with E-state index in [2.05, 4.69) is 16.6 Å². The molecular formula is C35H47ClN4O7S. The molecule has 0 radical (unpaired) electrons. The van der Waals surface area contributed by atoms with Gasteiger partial charge >= 0.3 is 0 Å². The van der Waals surface area contributed by atoms with Crippen LogP contribution in [0.1, 0.15) is 71.6 Å². The number of methoxy groups -OCH3 is 1. The van der Waals surface area contributed by atoms with Crippen molar-refractivity contribution in [2.24, 2.45) is 28.9 Å². The molecule has 3 heterocycles. The number of rotatable bonds is 7. The Morgan fingerprint density at radius 2 is 1.88 bits per heavy atom. The Morgan fingerprint density at radius 1 is 1.15 bits per heavy atom. The lowest BCUT2D eigenvalue weighted by molar-refractivity contribution is -0.141. The first kappa shape index (κ1) is 36.1. The summed E-state index contributed by atoms with van der Waals surface area (Å²) in [6, 6.07) is 5.89. The summed E-state index contributed by atoms with van der Waals surface area (Å²) < 4.78 is 39.7. The van der Waals surface area contributed by atoms with E-state index < -0.39 is 44.8 Å². The molecule has 1 aromatic carbocycles. The Balaban J connectivity index is 0.00000451. The summed E-state index contributed by atoms with van der Waals surface area (Å²) in [4.78, 5) is 48.1. The van der Waals surface area contributed by atoms with Crippen molar-refractivity contribution < 1.29 is 32.3 Å². The molecule has 2 aliphatic carbocycles. The van der Waals surface area contributed by atoms with Gasteiger partial charge in [0, 0.05) is 23.6 Å². The number of allylic oxidation sites excluding steroid dienone is 2. The zero-order chi connectivity index (χ0) is 33.5. The average molecular weight is 703 g/mol. The number of benzene rings is 1. The summed E-state index contributed by atoms with van der Waals surface area (Å²) in [6.07, 6.45) is 9.65. The van der Waals surface area contributed by atoms with Gasteiger partial charge in [-0.05, 0) is 62.3 Å². The smallest absolute Gasteiger partial charge is 0.240 e. The second-order valence-corrected chi connectivity index (χ2v) is 15.9. The molecule has 3 fully saturated rings. The maximum Gasteiger partial charge on any atom is 0.240 e. The van der Waals surface area contributed by atoms with Gasteiger partial charge in [-0.15, -0.1) is 12.4 Å². The first-order valence-electron chi connectivity index (χ1n) is 16.9. The number of pyridine rings is 1. The predicted molar refractivity (Wildman–Crippen MR) is 184 cm³/mol. The Labute approximate surface area is 288 Å². The van der Waals surface area contributed by atoms with Gasteiger partial charge < -0.3 is 20.1 Å². The topological polar surface area (TPSA) is 158 Å². The third-order valence-corrected chi connectivity index (χ3v) is 12.4. The van der Waals surface area contributed by atoms with Crippen LogP contribution in [0.4, 0.5) is 0 Å². The fourth-order valence-corrected chi connectivity index (χ4v) is 8.86. The van der Waals surface area contributed by atoms with E-state index in [9.17, 15) is 22.8 Å². The van der Waals surface area contributed by atoms with Gasteiger partial charge in [0.05, 0.1) is 42.6 Å². The van der Waals surface area contributed by atoms with Gasteiger partial charge in [0.1, 0.15) is 11.9 Å². The molecule has 0 bridgehead atoms. The Hall–Kier alpha value is -3.22. The summed E-state index contributed by atoms with van der Waals surface area (Å²) in [5, 5.41) is 1.00. The van der Waals surface area contributed by atoms with E-state index in [1.807, 2.05) is 43.3 Å². The van der Waals surface area contributed by atoms with Crippen LogP contribution in [0.25, 0.3) is 10.8 Å². The summed E-state index contributed by atoms with van der Waals surface area (Å²) in [6.45, 7) is 4.32. The number of ketones is 1. The Morgan fingerprint density at radius 3 is 2.56 bits per heavy atom. The van der Waals surface area contributed by atoms with E-state index in [1.165, 1.54) is 4.90 Å². The number of hydrogen-bond donors (Lipinski definition) is 2. The number of carbonyl (C=O) groups excluding carboxylic acids is 3. The zero-order valence-corrected chi connectivity index (χ0v) is 29.4. The van der Waals surface area contributed by atoms with Crippen LogP contribution in [0.5, 0.6) is 11.6 Å². The van der Waals surface area contributed by atoms with Gasteiger partial charge in [-0.25, -0.2) is 13.4 Å². The van der Waals surface area contributed by atoms with Crippen LogP contribution in [0.15, 0.2) is 42.6 Å². The molecular weight excluding hydrogens is 656 g/mol. The summed E-state index contributed by atoms with van der Waals surface area (Å²) in [5.41, 5.74) is 5.50. The van der Waals surface area contributed by atoms with Crippen LogP contribution in [0.3, 0.4) is 0 Å². The third-order valence-electron chi connectivity index (χ3n) is 10.6. The molecule has 2 amide bonds. The van der Waals surface area contributed by atoms with Gasteiger partial charge in [-0.3, -0.25) is 19.1 Å². The molecule has 2 aliphatic heterocycles. The molecule has 0 spiro atoms. The molecule has 2 saturated carbocycles. The lowest BCUT2D eigenvalue weighted by atomic mass is 9.85. The molecule has 7 atom stereocenters. The molecule has 6 rings (SSSR count). The minimum absolute atomic E-state index is 0. The standard InChI is InChI=1S/C35H46N4O7S.ClH/c1-4-22-15-21(2)9-5-6-10-23-17-35(23,34(42)38-47(43,44)25-13-14-25)18-29(40)28-16-24(20-39(28)33(41)31(22)36)46-32-27-12-8-7-11-26(27)30(45-3)19-37-32;/h6-8,10-12,19,21-25,28,31H,4-5,9,13-18,20,36H2,1-3H3,(H,38,42);1H/b10-6-;/t21-,22-,23-,24-,28+,31+,35-;/m1./s1. The van der Waals surface area contributed by atoms with Crippen molar-refractivity contribution in [1.29, 1.82) is 0 Å². The molecule has 0 unspecified atom stereocenters. The van der Waals surface area contributed by atoms with Crippen LogP contribution >= 0.6 is 12.4 Å². The lowest BCUT2D eigenvalue weighted by Gasteiger charge is -2.31. The highest BCUT2D eigenvalue weighted by molar-refractivity contribution is 7.90. The monoisotopic (exact) mass is 702 g/mol. The van der Waals surface area contributed by atoms with Crippen molar-refractivity contribution in [2.45, 2.75) is 95.1 Å². The molecule has 13 heteroatoms. The molecule has 262 valence electrons. The first-order chi connectivity index (χ1) is 22.5. The number of amides is 2. The molecule has 1 saturated heterocycles. The number of sulfonamides is 1. The number of nitrogens with zero attached hydrogens (tertiary/aromatic N) is 2. The minimum Gasteiger partial charge on any atom is -0.494 e. The van der Waals surface area contributed by atoms with Crippen LogP contribution in [-0.4, -0.2) is 73.0 Å². The molecule has 11 nitrogen and oxygen atoms in total. The highest BCUT2D eigenvalue weighted by Gasteiger charge is 2.61. The van der Waals surface area contributed by atoms with Crippen molar-refractivity contribution in [3.63, 3.8) is 0 Å². The highest BCUT2D eigenvalue weighted by atomic mass is 35.5. The summed E-state index contributed by atoms with van der Waals surface area (Å²) >= 11 is 0. The van der Waals surface area contributed by atoms with Crippen molar-refractivity contribution >= 4 is 50.8 Å². The van der Waals surface area contributed by atoms with Crippen LogP contribution in [-0.2, 0) is 24.4 Å². The second kappa shape index (κ2) is 14.3. The first-order valence-corrected chi connectivity index (χ1v) is 18.4. The number of Topliss-reactive ketones (excluding diaryl/α,β-unsaturated/α-hetero) is 1. The number of nitrogens with one attached hydrogen (secondary N) is 1. The van der Waals surface area contributed by atoms with E-state index in [-0.39, 0.29) is 55.3 Å². The van der Waals surface area contributed by atoms with Crippen molar-refractivity contribution in [3.05, 3.63) is 42.6 Å². The zero-order valence-electron chi connectivity index (χ0n) is 27.8. The third kappa shape index (κ3) is 7.21. The molecule has 2 aromatic rings. The van der Waals surface area contributed by atoms with Crippen LogP contribution < -0.4 is 19.9 Å². The Bertz CT molecular complexity index is 1680. The van der Waals surface area contributed by atoms with E-state index in [4.69, 9.17) is 15.2 Å². The van der Waals surface area contributed by atoms with E-state index in [1.54, 1.807) is 13.3 Å². The maximum atomic E-state index is 14.3. The largest absolute Gasteiger partial charge is 0.494 e. The minimum atomic E-state index is -3.80. The SMILES string of the molecule is CC[C@@H]1C[C@H](C)CC/C=C\[C@@H]2C[C@@]2(C(=O)NS(=O)(=O)C2CC2)CC(=O)[C@@H]2C[C@@H](Oc3ncc(OC)c4ccccc34)CN2C(=O)[C@H]1N.Cl. The fraction of sp³-hybridized carbons (Fsp3) is 0.600. The van der Waals surface area contributed by atoms with E-state index in [0.717, 1.165) is 36.5 Å². The average Bonchev–Trinajstić information content (AvgIpc) is 3.98. The van der Waals surface area contributed by atoms with Gasteiger partial charge in [0.15, 0.2) is 5.78 Å². The normalized spacial score (nSPS) is 31.8. The quantitative estimate of drug-likeness (QED) is 0.401. The van der Waals surface area contributed by atoms with Gasteiger partial charge in [0.2, 0.25) is 27.7 Å². The van der Waals surface area contributed by atoms with Crippen molar-refractivity contribution in [3.8, 4) is 11.6 Å². The van der Waals surface area contributed by atoms with Gasteiger partial charge in [0.25, 0.3) is 0 Å². The summed E-state index contributed by atoms with van der Waals surface area (Å²) in [5.74, 6) is -0.286. The predicted octanol–water partition coefficient (Wildman–Crippen LogP) is 4.32. The van der Waals surface area contributed by atoms with Crippen LogP contribution in [0, 0.1) is 23.2 Å². The summed E-state index contributed by atoms with van der Waals surface area (Å²) in [7, 11) is -2.22. The van der Waals surface area contributed by atoms with Gasteiger partial charge in [-0.2, -0.15) is 0 Å². The Kier molecular flexibility index (Phi) is 10.8. The fourth-order valence-electron chi connectivity index (χ4n) is 7.47.